The van der Waals surface area contributed by atoms with Crippen LogP contribution in [-0.4, -0.2) is 4.92 Å². The Balaban J connectivity index is 0.00000144. The summed E-state index contributed by atoms with van der Waals surface area (Å²) in [6.07, 6.45) is 0. The molecule has 2 aromatic rings. The summed E-state index contributed by atoms with van der Waals surface area (Å²) in [6.45, 7) is 0. The summed E-state index contributed by atoms with van der Waals surface area (Å²) in [7, 11) is 0. The minimum Gasteiger partial charge on any atom is -0.320 e. The number of nitrogens with zero attached hydrogens (tertiary/aromatic N) is 1. The number of hydrogen-bond acceptors (Lipinski definition) is 4. The van der Waals surface area contributed by atoms with Crippen LogP contribution in [0.25, 0.3) is 0 Å². The molecule has 6 heteroatoms. The van der Waals surface area contributed by atoms with Crippen molar-refractivity contribution < 1.29 is 4.92 Å². The lowest BCUT2D eigenvalue weighted by Gasteiger charge is -2.09. The maximum Gasteiger partial charge on any atom is 0.269 e. The third kappa shape index (κ3) is 3.03. The summed E-state index contributed by atoms with van der Waals surface area (Å²) < 4.78 is 0. The Morgan fingerprint density at radius 2 is 2.06 bits per heavy atom. The van der Waals surface area contributed by atoms with E-state index in [1.54, 1.807) is 23.5 Å². The number of nitro groups is 1. The summed E-state index contributed by atoms with van der Waals surface area (Å²) in [5, 5.41) is 12.6. The van der Waals surface area contributed by atoms with Crippen molar-refractivity contribution in [2.75, 3.05) is 0 Å². The van der Waals surface area contributed by atoms with Crippen molar-refractivity contribution in [3.8, 4) is 0 Å². The highest BCUT2D eigenvalue weighted by Crippen LogP contribution is 2.25. The third-order valence-corrected chi connectivity index (χ3v) is 3.25. The normalized spacial score (nSPS) is 11.6. The molecule has 0 saturated carbocycles. The maximum absolute atomic E-state index is 10.6. The van der Waals surface area contributed by atoms with Crippen molar-refractivity contribution in [1.29, 1.82) is 0 Å². The van der Waals surface area contributed by atoms with E-state index in [-0.39, 0.29) is 24.1 Å². The average molecular weight is 271 g/mol. The van der Waals surface area contributed by atoms with Gasteiger partial charge in [0.1, 0.15) is 0 Å². The van der Waals surface area contributed by atoms with Crippen LogP contribution in [0.5, 0.6) is 0 Å². The van der Waals surface area contributed by atoms with E-state index < -0.39 is 4.92 Å². The number of nitrogens with two attached hydrogens (primary N) is 1. The summed E-state index contributed by atoms with van der Waals surface area (Å²) in [5.41, 5.74) is 6.85. The highest BCUT2D eigenvalue weighted by Gasteiger charge is 2.13. The number of non-ortho nitro benzene ring substituents is 1. The second kappa shape index (κ2) is 5.77. The number of nitro benzene ring substituents is 1. The van der Waals surface area contributed by atoms with Gasteiger partial charge in [0.15, 0.2) is 0 Å². The first-order valence-electron chi connectivity index (χ1n) is 4.72. The quantitative estimate of drug-likeness (QED) is 0.688. The molecule has 2 N–H and O–H groups in total. The molecule has 0 aliphatic heterocycles. The van der Waals surface area contributed by atoms with E-state index in [4.69, 9.17) is 5.73 Å². The van der Waals surface area contributed by atoms with Gasteiger partial charge in [-0.1, -0.05) is 18.2 Å². The number of benzene rings is 1. The molecule has 0 bridgehead atoms. The topological polar surface area (TPSA) is 69.2 Å². The largest absolute Gasteiger partial charge is 0.320 e. The van der Waals surface area contributed by atoms with E-state index in [9.17, 15) is 10.1 Å². The fourth-order valence-electron chi connectivity index (χ4n) is 1.46. The van der Waals surface area contributed by atoms with Crippen LogP contribution in [-0.2, 0) is 0 Å². The van der Waals surface area contributed by atoms with Crippen LogP contribution in [0.2, 0.25) is 0 Å². The van der Waals surface area contributed by atoms with Gasteiger partial charge in [0.05, 0.1) is 11.0 Å². The van der Waals surface area contributed by atoms with E-state index in [2.05, 4.69) is 0 Å². The van der Waals surface area contributed by atoms with E-state index >= 15 is 0 Å². The monoisotopic (exact) mass is 270 g/mol. The lowest BCUT2D eigenvalue weighted by atomic mass is 10.1. The Morgan fingerprint density at radius 1 is 1.29 bits per heavy atom. The summed E-state index contributed by atoms with van der Waals surface area (Å²) in [4.78, 5) is 11.2. The molecule has 2 rings (SSSR count). The molecule has 1 heterocycles. The fraction of sp³-hybridized carbons (Fsp3) is 0.0909. The maximum atomic E-state index is 10.6. The molecule has 0 unspecified atom stereocenters. The van der Waals surface area contributed by atoms with Gasteiger partial charge in [-0.25, -0.2) is 0 Å². The van der Waals surface area contributed by atoms with E-state index in [0.717, 1.165) is 10.4 Å². The van der Waals surface area contributed by atoms with E-state index in [1.165, 1.54) is 12.1 Å². The zero-order valence-corrected chi connectivity index (χ0v) is 10.4. The first-order valence-corrected chi connectivity index (χ1v) is 5.60. The predicted molar refractivity (Wildman–Crippen MR) is 70.7 cm³/mol. The molecular formula is C11H11ClN2O2S. The van der Waals surface area contributed by atoms with Crippen LogP contribution < -0.4 is 5.73 Å². The molecule has 4 nitrogen and oxygen atoms in total. The van der Waals surface area contributed by atoms with Gasteiger partial charge in [0.25, 0.3) is 5.69 Å². The molecule has 0 aliphatic rings. The van der Waals surface area contributed by atoms with Gasteiger partial charge in [0.2, 0.25) is 0 Å². The van der Waals surface area contributed by atoms with Gasteiger partial charge in [-0.3, -0.25) is 10.1 Å². The molecule has 0 spiro atoms. The molecular weight excluding hydrogens is 260 g/mol. The molecule has 1 aromatic carbocycles. The number of halogens is 1. The third-order valence-electron chi connectivity index (χ3n) is 2.29. The average Bonchev–Trinajstić information content (AvgIpc) is 2.81. The summed E-state index contributed by atoms with van der Waals surface area (Å²) >= 11 is 1.55. The van der Waals surface area contributed by atoms with Gasteiger partial charge in [-0.15, -0.1) is 23.7 Å². The second-order valence-electron chi connectivity index (χ2n) is 3.35. The first kappa shape index (κ1) is 13.6. The lowest BCUT2D eigenvalue weighted by molar-refractivity contribution is -0.384. The van der Waals surface area contributed by atoms with Crippen LogP contribution in [0, 0.1) is 10.1 Å². The van der Waals surface area contributed by atoms with Crippen LogP contribution in [0.1, 0.15) is 16.5 Å². The van der Waals surface area contributed by atoms with Gasteiger partial charge < -0.3 is 5.73 Å². The van der Waals surface area contributed by atoms with Crippen molar-refractivity contribution in [3.05, 3.63) is 62.3 Å². The van der Waals surface area contributed by atoms with Crippen molar-refractivity contribution in [3.63, 3.8) is 0 Å². The Labute approximate surface area is 109 Å². The van der Waals surface area contributed by atoms with E-state index in [1.807, 2.05) is 17.5 Å². The molecule has 90 valence electrons. The molecule has 1 atom stereocenters. The second-order valence-corrected chi connectivity index (χ2v) is 4.32. The smallest absolute Gasteiger partial charge is 0.269 e. The Bertz CT molecular complexity index is 502. The molecule has 0 amide bonds. The van der Waals surface area contributed by atoms with Crippen molar-refractivity contribution in [2.45, 2.75) is 6.04 Å². The summed E-state index contributed by atoms with van der Waals surface area (Å²) in [5.74, 6) is 0. The lowest BCUT2D eigenvalue weighted by Crippen LogP contribution is -2.10. The molecule has 17 heavy (non-hydrogen) atoms. The van der Waals surface area contributed by atoms with Gasteiger partial charge in [-0.05, 0) is 17.0 Å². The van der Waals surface area contributed by atoms with Crippen LogP contribution in [0.4, 0.5) is 5.69 Å². The Hall–Kier alpha value is -1.43. The molecule has 0 aliphatic carbocycles. The Morgan fingerprint density at radius 3 is 2.65 bits per heavy atom. The Kier molecular flexibility index (Phi) is 4.62. The molecule has 0 fully saturated rings. The zero-order valence-electron chi connectivity index (χ0n) is 8.78. The van der Waals surface area contributed by atoms with Crippen molar-refractivity contribution >= 4 is 29.4 Å². The van der Waals surface area contributed by atoms with Crippen molar-refractivity contribution in [2.24, 2.45) is 5.73 Å². The van der Waals surface area contributed by atoms with Crippen LogP contribution >= 0.6 is 23.7 Å². The van der Waals surface area contributed by atoms with Gasteiger partial charge >= 0.3 is 0 Å². The minimum absolute atomic E-state index is 0. The fourth-order valence-corrected chi connectivity index (χ4v) is 2.22. The minimum atomic E-state index is -0.412. The number of hydrogen-bond donors (Lipinski definition) is 1. The zero-order chi connectivity index (χ0) is 11.5. The van der Waals surface area contributed by atoms with Crippen LogP contribution in [0.3, 0.4) is 0 Å². The standard InChI is InChI=1S/C11H10N2O2S.ClH/c12-11(10-5-2-6-16-10)8-3-1-4-9(7-8)13(14)15;/h1-7,11H,12H2;1H/t11-;/m0./s1. The van der Waals surface area contributed by atoms with Gasteiger partial charge in [0, 0.05) is 17.0 Å². The van der Waals surface area contributed by atoms with Crippen LogP contribution in [0.15, 0.2) is 41.8 Å². The number of rotatable bonds is 3. The first-order chi connectivity index (χ1) is 7.68. The SMILES string of the molecule is Cl.N[C@@H](c1cccc([N+](=O)[O-])c1)c1cccs1. The molecule has 0 radical (unpaired) electrons. The highest BCUT2D eigenvalue weighted by molar-refractivity contribution is 7.10. The van der Waals surface area contributed by atoms with Crippen molar-refractivity contribution in [1.82, 2.24) is 0 Å². The molecule has 1 aromatic heterocycles. The molecule has 0 saturated heterocycles. The highest BCUT2D eigenvalue weighted by atomic mass is 35.5. The van der Waals surface area contributed by atoms with E-state index in [0.29, 0.717) is 0 Å². The summed E-state index contributed by atoms with van der Waals surface area (Å²) in [6, 6.07) is 9.98. The van der Waals surface area contributed by atoms with Gasteiger partial charge in [-0.2, -0.15) is 0 Å². The predicted octanol–water partition coefficient (Wildman–Crippen LogP) is 3.13. The number of thiophene rings is 1.